The summed E-state index contributed by atoms with van der Waals surface area (Å²) in [6.07, 6.45) is 8.80. The van der Waals surface area contributed by atoms with Crippen LogP contribution in [0.1, 0.15) is 17.4 Å². The second-order valence-corrected chi connectivity index (χ2v) is 7.54. The van der Waals surface area contributed by atoms with Crippen molar-refractivity contribution in [2.45, 2.75) is 12.5 Å². The maximum Gasteiger partial charge on any atom is 0.216 e. The third-order valence-electron chi connectivity index (χ3n) is 5.98. The van der Waals surface area contributed by atoms with Crippen LogP contribution in [-0.4, -0.2) is 18.9 Å². The van der Waals surface area contributed by atoms with Crippen LogP contribution in [0.15, 0.2) is 77.5 Å². The highest BCUT2D eigenvalue weighted by atomic mass is 16.3. The van der Waals surface area contributed by atoms with Gasteiger partial charge in [0.05, 0.1) is 34.3 Å². The Balaban J connectivity index is 1.52. The number of allylic oxidation sites excluding steroid dienone is 1. The van der Waals surface area contributed by atoms with Gasteiger partial charge in [-0.3, -0.25) is 9.38 Å². The number of aromatic nitrogens is 4. The molecular weight excluding hydrogens is 360 g/mol. The highest BCUT2D eigenvalue weighted by Crippen LogP contribution is 2.37. The fourth-order valence-electron chi connectivity index (χ4n) is 4.73. The lowest BCUT2D eigenvalue weighted by Crippen LogP contribution is -2.12. The zero-order valence-electron chi connectivity index (χ0n) is 15.5. The quantitative estimate of drug-likeness (QED) is 0.386. The molecule has 2 aromatic carbocycles. The summed E-state index contributed by atoms with van der Waals surface area (Å²) in [4.78, 5) is 9.19. The van der Waals surface area contributed by atoms with Gasteiger partial charge in [-0.1, -0.05) is 30.3 Å². The number of hydrogen-bond donors (Lipinski definition) is 0. The molecule has 138 valence electrons. The van der Waals surface area contributed by atoms with Crippen LogP contribution in [0.5, 0.6) is 0 Å². The van der Waals surface area contributed by atoms with E-state index in [4.69, 9.17) is 9.40 Å². The minimum absolute atomic E-state index is 0.163. The van der Waals surface area contributed by atoms with Gasteiger partial charge in [0.2, 0.25) is 5.78 Å². The van der Waals surface area contributed by atoms with Crippen LogP contribution < -0.4 is 0 Å². The molecule has 4 aromatic heterocycles. The van der Waals surface area contributed by atoms with E-state index in [0.29, 0.717) is 0 Å². The normalized spacial score (nSPS) is 16.3. The molecule has 0 aliphatic heterocycles. The van der Waals surface area contributed by atoms with Crippen molar-refractivity contribution in [1.29, 1.82) is 0 Å². The van der Waals surface area contributed by atoms with Crippen molar-refractivity contribution in [2.75, 3.05) is 0 Å². The van der Waals surface area contributed by atoms with Gasteiger partial charge in [0, 0.05) is 23.6 Å². The van der Waals surface area contributed by atoms with Crippen molar-refractivity contribution in [3.63, 3.8) is 0 Å². The van der Waals surface area contributed by atoms with Gasteiger partial charge >= 0.3 is 0 Å². The molecule has 0 N–H and O–H groups in total. The largest absolute Gasteiger partial charge is 0.455 e. The first-order chi connectivity index (χ1) is 14.4. The Morgan fingerprint density at radius 3 is 2.69 bits per heavy atom. The third kappa shape index (κ3) is 1.94. The number of rotatable bonds is 1. The number of imidazole rings is 2. The molecule has 0 spiro atoms. The van der Waals surface area contributed by atoms with Crippen molar-refractivity contribution < 1.29 is 4.42 Å². The number of fused-ring (bicyclic) bond motifs is 8. The summed E-state index contributed by atoms with van der Waals surface area (Å²) >= 11 is 0. The van der Waals surface area contributed by atoms with E-state index in [-0.39, 0.29) is 6.04 Å². The molecule has 0 saturated carbocycles. The molecule has 29 heavy (non-hydrogen) atoms. The lowest BCUT2D eigenvalue weighted by Gasteiger charge is -2.19. The van der Waals surface area contributed by atoms with Crippen LogP contribution in [0.2, 0.25) is 0 Å². The smallest absolute Gasteiger partial charge is 0.216 e. The van der Waals surface area contributed by atoms with Gasteiger partial charge in [-0.25, -0.2) is 4.98 Å². The Bertz CT molecular complexity index is 1600. The maximum atomic E-state index is 6.00. The number of nitrogens with zero attached hydrogens (tertiary/aromatic N) is 4. The highest BCUT2D eigenvalue weighted by molar-refractivity contribution is 5.91. The molecule has 1 aliphatic rings. The topological polar surface area (TPSA) is 48.3 Å². The summed E-state index contributed by atoms with van der Waals surface area (Å²) in [6, 6.07) is 19.1. The fraction of sp³-hybridized carbons (Fsp3) is 0.0833. The van der Waals surface area contributed by atoms with E-state index >= 15 is 0 Å². The van der Waals surface area contributed by atoms with Gasteiger partial charge in [-0.15, -0.1) is 0 Å². The van der Waals surface area contributed by atoms with E-state index in [9.17, 15) is 0 Å². The monoisotopic (exact) mass is 376 g/mol. The van der Waals surface area contributed by atoms with Crippen LogP contribution >= 0.6 is 0 Å². The summed E-state index contributed by atoms with van der Waals surface area (Å²) in [5, 5.41) is 1.14. The summed E-state index contributed by atoms with van der Waals surface area (Å²) in [5.74, 6) is 1.91. The zero-order chi connectivity index (χ0) is 18.9. The van der Waals surface area contributed by atoms with Gasteiger partial charge in [0.15, 0.2) is 5.58 Å². The predicted octanol–water partition coefficient (Wildman–Crippen LogP) is 5.39. The second-order valence-electron chi connectivity index (χ2n) is 7.54. The highest BCUT2D eigenvalue weighted by Gasteiger charge is 2.25. The first-order valence-corrected chi connectivity index (χ1v) is 9.78. The summed E-state index contributed by atoms with van der Waals surface area (Å²) in [7, 11) is 0. The Hall–Kier alpha value is -3.86. The molecule has 0 radical (unpaired) electrons. The maximum absolute atomic E-state index is 6.00. The third-order valence-corrected chi connectivity index (χ3v) is 5.98. The van der Waals surface area contributed by atoms with E-state index in [0.717, 1.165) is 40.0 Å². The van der Waals surface area contributed by atoms with E-state index < -0.39 is 0 Å². The Labute approximate surface area is 165 Å². The van der Waals surface area contributed by atoms with E-state index in [1.54, 1.807) is 6.20 Å². The SMILES string of the molecule is C1=CC(n2c3ccccc3n3c4ccccc4nc23)Cc2c1oc1cnccc21. The second kappa shape index (κ2) is 5.35. The molecule has 1 unspecified atom stereocenters. The minimum atomic E-state index is 0.163. The van der Waals surface area contributed by atoms with Gasteiger partial charge < -0.3 is 8.98 Å². The molecule has 0 fully saturated rings. The van der Waals surface area contributed by atoms with Crippen molar-refractivity contribution in [1.82, 2.24) is 18.9 Å². The standard InChI is InChI=1S/C24H16N4O/c1-2-6-19-18(5-1)26-24-27(20-7-3-4-8-21(20)28(19)24)15-9-10-22-17(13-15)16-11-12-25-14-23(16)29-22/h1-12,14-15H,13H2. The molecule has 0 saturated heterocycles. The van der Waals surface area contributed by atoms with Gasteiger partial charge in [-0.05, 0) is 36.4 Å². The van der Waals surface area contributed by atoms with Crippen molar-refractivity contribution in [3.8, 4) is 0 Å². The summed E-state index contributed by atoms with van der Waals surface area (Å²) in [5.41, 5.74) is 6.60. The van der Waals surface area contributed by atoms with Crippen molar-refractivity contribution in [3.05, 3.63) is 84.4 Å². The Kier molecular flexibility index (Phi) is 2.79. The minimum Gasteiger partial charge on any atom is -0.455 e. The Morgan fingerprint density at radius 2 is 1.76 bits per heavy atom. The molecule has 5 nitrogen and oxygen atoms in total. The number of para-hydroxylation sites is 4. The average molecular weight is 376 g/mol. The lowest BCUT2D eigenvalue weighted by atomic mass is 9.97. The lowest BCUT2D eigenvalue weighted by molar-refractivity contribution is 0.570. The zero-order valence-corrected chi connectivity index (χ0v) is 15.5. The van der Waals surface area contributed by atoms with Gasteiger partial charge in [-0.2, -0.15) is 0 Å². The molecule has 5 heteroatoms. The molecule has 7 rings (SSSR count). The van der Waals surface area contributed by atoms with Crippen LogP contribution in [0, 0.1) is 0 Å². The number of hydrogen-bond acceptors (Lipinski definition) is 3. The number of furan rings is 1. The van der Waals surface area contributed by atoms with Gasteiger partial charge in [0.25, 0.3) is 0 Å². The molecular formula is C24H16N4O. The molecule has 4 heterocycles. The fourth-order valence-corrected chi connectivity index (χ4v) is 4.73. The molecule has 1 aliphatic carbocycles. The van der Waals surface area contributed by atoms with Crippen LogP contribution in [0.4, 0.5) is 0 Å². The Morgan fingerprint density at radius 1 is 0.931 bits per heavy atom. The predicted molar refractivity (Wildman–Crippen MR) is 114 cm³/mol. The van der Waals surface area contributed by atoms with Crippen LogP contribution in [0.25, 0.3) is 44.9 Å². The summed E-state index contributed by atoms with van der Waals surface area (Å²) < 4.78 is 10.6. The number of pyridine rings is 1. The molecule has 6 aromatic rings. The van der Waals surface area contributed by atoms with Gasteiger partial charge in [0.1, 0.15) is 5.76 Å². The summed E-state index contributed by atoms with van der Waals surface area (Å²) in [6.45, 7) is 0. The van der Waals surface area contributed by atoms with E-state index in [2.05, 4.69) is 68.6 Å². The molecule has 0 amide bonds. The van der Waals surface area contributed by atoms with E-state index in [1.807, 2.05) is 18.3 Å². The first-order valence-electron chi connectivity index (χ1n) is 9.78. The van der Waals surface area contributed by atoms with Crippen molar-refractivity contribution >= 4 is 44.9 Å². The van der Waals surface area contributed by atoms with Crippen LogP contribution in [-0.2, 0) is 6.42 Å². The first kappa shape index (κ1) is 15.1. The molecule has 1 atom stereocenters. The molecule has 0 bridgehead atoms. The average Bonchev–Trinajstić information content (AvgIpc) is 3.41. The number of benzene rings is 2. The van der Waals surface area contributed by atoms with E-state index in [1.165, 1.54) is 16.6 Å². The van der Waals surface area contributed by atoms with Crippen molar-refractivity contribution in [2.24, 2.45) is 0 Å². The van der Waals surface area contributed by atoms with Crippen LogP contribution in [0.3, 0.4) is 0 Å².